The van der Waals surface area contributed by atoms with Crippen LogP contribution in [-0.2, 0) is 4.74 Å². The Balaban J connectivity index is 1.72. The molecule has 0 bridgehead atoms. The highest BCUT2D eigenvalue weighted by Crippen LogP contribution is 2.28. The third-order valence-corrected chi connectivity index (χ3v) is 5.08. The Morgan fingerprint density at radius 3 is 2.62 bits per heavy atom. The lowest BCUT2D eigenvalue weighted by molar-refractivity contribution is 0.0757. The summed E-state index contributed by atoms with van der Waals surface area (Å²) >= 11 is 0. The van der Waals surface area contributed by atoms with Gasteiger partial charge in [0.05, 0.1) is 23.4 Å². The maximum Gasteiger partial charge on any atom is 0.257 e. The molecule has 0 radical (unpaired) electrons. The van der Waals surface area contributed by atoms with Gasteiger partial charge in [0.25, 0.3) is 5.91 Å². The van der Waals surface area contributed by atoms with Gasteiger partial charge in [-0.3, -0.25) is 4.79 Å². The molecule has 10 nitrogen and oxygen atoms in total. The minimum Gasteiger partial charge on any atom is -0.504 e. The van der Waals surface area contributed by atoms with E-state index in [1.54, 1.807) is 6.07 Å². The van der Waals surface area contributed by atoms with Crippen molar-refractivity contribution in [2.75, 3.05) is 18.9 Å². The Morgan fingerprint density at radius 1 is 1.18 bits per heavy atom. The summed E-state index contributed by atoms with van der Waals surface area (Å²) in [6.45, 7) is 4.85. The zero-order chi connectivity index (χ0) is 24.2. The summed E-state index contributed by atoms with van der Waals surface area (Å²) in [4.78, 5) is 22.3. The number of carbonyl (C=O) groups is 1. The van der Waals surface area contributed by atoms with E-state index >= 15 is 0 Å². The zero-order valence-electron chi connectivity index (χ0n) is 18.9. The molecule has 2 heterocycles. The van der Waals surface area contributed by atoms with Crippen LogP contribution in [0.25, 0.3) is 22.2 Å². The second-order valence-corrected chi connectivity index (χ2v) is 7.98. The third-order valence-electron chi connectivity index (χ3n) is 5.08. The number of anilines is 1. The molecule has 0 aliphatic carbocycles. The Bertz CT molecular complexity index is 1380. The standard InChI is InChI=1S/C24H26N6O4/c1-14(2)34-11-5-10-26-24(33)20-21-23(29-17-7-4-3-6-16(17)28-21)30(22(20)25)27-13-15-8-9-18(31)19(32)12-15/h3-4,6-9,12-14,31-32H,5,10-11,25H2,1-2H3,(H,26,33). The number of nitrogens with zero attached hydrogens (tertiary/aromatic N) is 4. The number of ether oxygens (including phenoxy) is 1. The quantitative estimate of drug-likeness (QED) is 0.179. The lowest BCUT2D eigenvalue weighted by Crippen LogP contribution is -2.26. The van der Waals surface area contributed by atoms with Gasteiger partial charge in [0.15, 0.2) is 17.1 Å². The average molecular weight is 463 g/mol. The second-order valence-electron chi connectivity index (χ2n) is 7.98. The van der Waals surface area contributed by atoms with Crippen molar-refractivity contribution in [1.29, 1.82) is 0 Å². The number of phenols is 2. The van der Waals surface area contributed by atoms with E-state index in [0.29, 0.717) is 47.3 Å². The average Bonchev–Trinajstić information content (AvgIpc) is 3.07. The number of phenolic OH excluding ortho intramolecular Hbond substituents is 2. The lowest BCUT2D eigenvalue weighted by atomic mass is 10.2. The molecule has 0 aliphatic rings. The van der Waals surface area contributed by atoms with Crippen molar-refractivity contribution in [1.82, 2.24) is 20.0 Å². The molecule has 4 aromatic rings. The summed E-state index contributed by atoms with van der Waals surface area (Å²) in [5.74, 6) is -0.812. The summed E-state index contributed by atoms with van der Waals surface area (Å²) in [5.41, 5.74) is 8.97. The fraction of sp³-hybridized carbons (Fsp3) is 0.250. The molecule has 0 spiro atoms. The van der Waals surface area contributed by atoms with Crippen LogP contribution in [0.1, 0.15) is 36.2 Å². The molecule has 176 valence electrons. The topological polar surface area (TPSA) is 148 Å². The smallest absolute Gasteiger partial charge is 0.257 e. The van der Waals surface area contributed by atoms with Gasteiger partial charge in [-0.1, -0.05) is 12.1 Å². The van der Waals surface area contributed by atoms with Gasteiger partial charge in [-0.05, 0) is 56.2 Å². The van der Waals surface area contributed by atoms with Gasteiger partial charge in [0, 0.05) is 13.2 Å². The van der Waals surface area contributed by atoms with Crippen molar-refractivity contribution in [2.45, 2.75) is 26.4 Å². The van der Waals surface area contributed by atoms with Crippen LogP contribution in [-0.4, -0.2) is 56.2 Å². The van der Waals surface area contributed by atoms with E-state index in [4.69, 9.17) is 10.5 Å². The number of para-hydroxylation sites is 2. The predicted molar refractivity (Wildman–Crippen MR) is 130 cm³/mol. The Morgan fingerprint density at radius 2 is 1.91 bits per heavy atom. The SMILES string of the molecule is CC(C)OCCCNC(=O)c1c(N)n(N=Cc2ccc(O)c(O)c2)c2nc3ccccc3nc12. The molecule has 0 aliphatic heterocycles. The summed E-state index contributed by atoms with van der Waals surface area (Å²) in [6, 6.07) is 11.6. The molecular weight excluding hydrogens is 436 g/mol. The van der Waals surface area contributed by atoms with Gasteiger partial charge in [-0.2, -0.15) is 9.78 Å². The van der Waals surface area contributed by atoms with Crippen LogP contribution in [0.3, 0.4) is 0 Å². The van der Waals surface area contributed by atoms with Gasteiger partial charge in [0.1, 0.15) is 16.9 Å². The number of aromatic nitrogens is 3. The van der Waals surface area contributed by atoms with Crippen molar-refractivity contribution in [3.05, 3.63) is 53.6 Å². The van der Waals surface area contributed by atoms with E-state index in [9.17, 15) is 15.0 Å². The summed E-state index contributed by atoms with van der Waals surface area (Å²) in [6.07, 6.45) is 2.22. The second kappa shape index (κ2) is 9.75. The molecule has 0 unspecified atom stereocenters. The fourth-order valence-electron chi connectivity index (χ4n) is 3.41. The van der Waals surface area contributed by atoms with E-state index in [0.717, 1.165) is 0 Å². The van der Waals surface area contributed by atoms with E-state index in [-0.39, 0.29) is 34.9 Å². The minimum absolute atomic E-state index is 0.0838. The molecule has 0 saturated carbocycles. The van der Waals surface area contributed by atoms with Crippen molar-refractivity contribution < 1.29 is 19.7 Å². The third kappa shape index (κ3) is 4.76. The van der Waals surface area contributed by atoms with Crippen molar-refractivity contribution in [3.63, 3.8) is 0 Å². The first-order valence-corrected chi connectivity index (χ1v) is 10.9. The largest absolute Gasteiger partial charge is 0.504 e. The van der Waals surface area contributed by atoms with Crippen LogP contribution >= 0.6 is 0 Å². The van der Waals surface area contributed by atoms with E-state index < -0.39 is 0 Å². The normalized spacial score (nSPS) is 11.7. The van der Waals surface area contributed by atoms with E-state index in [2.05, 4.69) is 20.4 Å². The van der Waals surface area contributed by atoms with Gasteiger partial charge in [-0.25, -0.2) is 9.97 Å². The number of nitrogens with two attached hydrogens (primary N) is 1. The highest BCUT2D eigenvalue weighted by Gasteiger charge is 2.23. The first kappa shape index (κ1) is 23.0. The Kier molecular flexibility index (Phi) is 6.60. The molecule has 34 heavy (non-hydrogen) atoms. The molecule has 0 atom stereocenters. The number of amides is 1. The molecule has 1 amide bonds. The van der Waals surface area contributed by atoms with Crippen molar-refractivity contribution in [2.24, 2.45) is 5.10 Å². The van der Waals surface area contributed by atoms with Crippen LogP contribution in [0, 0.1) is 0 Å². The fourth-order valence-corrected chi connectivity index (χ4v) is 3.41. The zero-order valence-corrected chi connectivity index (χ0v) is 18.9. The molecule has 0 fully saturated rings. The number of fused-ring (bicyclic) bond motifs is 2. The molecular formula is C24H26N6O4. The highest BCUT2D eigenvalue weighted by molar-refractivity contribution is 6.10. The van der Waals surface area contributed by atoms with Crippen LogP contribution < -0.4 is 11.1 Å². The maximum atomic E-state index is 13.1. The number of rotatable bonds is 8. The van der Waals surface area contributed by atoms with Crippen LogP contribution in [0.5, 0.6) is 11.5 Å². The summed E-state index contributed by atoms with van der Waals surface area (Å²) in [7, 11) is 0. The molecule has 5 N–H and O–H groups in total. The number of benzene rings is 2. The number of nitrogen functional groups attached to an aromatic ring is 1. The van der Waals surface area contributed by atoms with E-state index in [1.165, 1.54) is 23.0 Å². The number of hydrogen-bond acceptors (Lipinski definition) is 8. The number of aromatic hydroxyl groups is 2. The number of carbonyl (C=O) groups excluding carboxylic acids is 1. The van der Waals surface area contributed by atoms with Gasteiger partial charge < -0.3 is 26.0 Å². The molecule has 2 aromatic heterocycles. The summed E-state index contributed by atoms with van der Waals surface area (Å²) < 4.78 is 6.85. The van der Waals surface area contributed by atoms with Crippen LogP contribution in [0.2, 0.25) is 0 Å². The van der Waals surface area contributed by atoms with Crippen molar-refractivity contribution >= 4 is 40.1 Å². The first-order valence-electron chi connectivity index (χ1n) is 10.9. The molecule has 4 rings (SSSR count). The minimum atomic E-state index is -0.382. The van der Waals surface area contributed by atoms with Gasteiger partial charge in [-0.15, -0.1) is 0 Å². The maximum absolute atomic E-state index is 13.1. The highest BCUT2D eigenvalue weighted by atomic mass is 16.5. The first-order chi connectivity index (χ1) is 16.3. The predicted octanol–water partition coefficient (Wildman–Crippen LogP) is 3.01. The van der Waals surface area contributed by atoms with Crippen LogP contribution in [0.15, 0.2) is 47.6 Å². The molecule has 2 aromatic carbocycles. The van der Waals surface area contributed by atoms with Crippen molar-refractivity contribution in [3.8, 4) is 11.5 Å². The Hall–Kier alpha value is -4.18. The summed E-state index contributed by atoms with van der Waals surface area (Å²) in [5, 5.41) is 26.5. The van der Waals surface area contributed by atoms with E-state index in [1.807, 2.05) is 38.1 Å². The number of hydrogen-bond donors (Lipinski definition) is 4. The monoisotopic (exact) mass is 462 g/mol. The van der Waals surface area contributed by atoms with Gasteiger partial charge in [0.2, 0.25) is 0 Å². The lowest BCUT2D eigenvalue weighted by Gasteiger charge is -2.08. The molecule has 10 heteroatoms. The number of nitrogens with one attached hydrogen (secondary N) is 1. The van der Waals surface area contributed by atoms with Gasteiger partial charge >= 0.3 is 0 Å². The molecule has 0 saturated heterocycles. The van der Waals surface area contributed by atoms with Crippen LogP contribution in [0.4, 0.5) is 5.82 Å². The Labute approximate surface area is 195 Å².